The Kier molecular flexibility index (Phi) is 5.35. The van der Waals surface area contributed by atoms with Crippen molar-refractivity contribution in [3.63, 3.8) is 0 Å². The molecule has 2 aromatic rings. The zero-order chi connectivity index (χ0) is 19.4. The van der Waals surface area contributed by atoms with Gasteiger partial charge in [-0.3, -0.25) is 4.79 Å². The van der Waals surface area contributed by atoms with Gasteiger partial charge in [0.2, 0.25) is 11.7 Å². The van der Waals surface area contributed by atoms with Crippen molar-refractivity contribution < 1.29 is 23.8 Å². The summed E-state index contributed by atoms with van der Waals surface area (Å²) in [6, 6.07) is 8.24. The summed E-state index contributed by atoms with van der Waals surface area (Å²) in [5.41, 5.74) is 2.89. The Hall–Kier alpha value is -3.42. The minimum absolute atomic E-state index is 0.00310. The number of fused-ring (bicyclic) bond motifs is 1. The third-order valence-electron chi connectivity index (χ3n) is 4.18. The number of rotatable bonds is 5. The molecule has 1 aliphatic rings. The number of amides is 3. The van der Waals surface area contributed by atoms with Crippen LogP contribution in [0.4, 0.5) is 21.9 Å². The number of aryl methyl sites for hydroxylation is 1. The van der Waals surface area contributed by atoms with Crippen LogP contribution in [0.1, 0.15) is 12.0 Å². The molecule has 0 radical (unpaired) electrons. The van der Waals surface area contributed by atoms with Crippen LogP contribution in [0.25, 0.3) is 0 Å². The first kappa shape index (κ1) is 18.4. The van der Waals surface area contributed by atoms with E-state index in [-0.39, 0.29) is 5.91 Å². The summed E-state index contributed by atoms with van der Waals surface area (Å²) in [5, 5.41) is 8.33. The molecule has 0 saturated carbocycles. The van der Waals surface area contributed by atoms with Gasteiger partial charge in [0.25, 0.3) is 0 Å². The lowest BCUT2D eigenvalue weighted by Gasteiger charge is -2.18. The van der Waals surface area contributed by atoms with E-state index in [4.69, 9.17) is 14.2 Å². The fourth-order valence-corrected chi connectivity index (χ4v) is 2.91. The molecule has 0 aromatic heterocycles. The van der Waals surface area contributed by atoms with E-state index in [1.54, 1.807) is 24.3 Å². The molecule has 27 heavy (non-hydrogen) atoms. The van der Waals surface area contributed by atoms with Gasteiger partial charge < -0.3 is 30.2 Å². The van der Waals surface area contributed by atoms with Gasteiger partial charge in [-0.1, -0.05) is 0 Å². The van der Waals surface area contributed by atoms with Crippen LogP contribution in [0, 0.1) is 0 Å². The number of ether oxygens (including phenoxy) is 3. The molecule has 0 saturated heterocycles. The van der Waals surface area contributed by atoms with Crippen LogP contribution < -0.4 is 30.2 Å². The fourth-order valence-electron chi connectivity index (χ4n) is 2.91. The van der Waals surface area contributed by atoms with Gasteiger partial charge in [0.1, 0.15) is 0 Å². The molecule has 0 fully saturated rings. The maximum absolute atomic E-state index is 12.4. The topological polar surface area (TPSA) is 97.9 Å². The monoisotopic (exact) mass is 371 g/mol. The molecule has 3 rings (SSSR count). The van der Waals surface area contributed by atoms with Crippen molar-refractivity contribution in [2.24, 2.45) is 0 Å². The van der Waals surface area contributed by atoms with E-state index >= 15 is 0 Å². The Balaban J connectivity index is 1.73. The highest BCUT2D eigenvalue weighted by Crippen LogP contribution is 2.40. The summed E-state index contributed by atoms with van der Waals surface area (Å²) in [4.78, 5) is 23.8. The van der Waals surface area contributed by atoms with Crippen LogP contribution in [0.5, 0.6) is 17.2 Å². The fraction of sp³-hybridized carbons (Fsp3) is 0.263. The molecule has 142 valence electrons. The smallest absolute Gasteiger partial charge is 0.323 e. The molecular weight excluding hydrogens is 350 g/mol. The summed E-state index contributed by atoms with van der Waals surface area (Å²) in [7, 11) is 4.53. The zero-order valence-corrected chi connectivity index (χ0v) is 15.3. The Morgan fingerprint density at radius 2 is 1.59 bits per heavy atom. The summed E-state index contributed by atoms with van der Waals surface area (Å²) in [5.74, 6) is 1.33. The zero-order valence-electron chi connectivity index (χ0n) is 15.3. The van der Waals surface area contributed by atoms with Crippen LogP contribution in [-0.4, -0.2) is 33.3 Å². The Labute approximate surface area is 156 Å². The van der Waals surface area contributed by atoms with Crippen molar-refractivity contribution in [3.8, 4) is 17.2 Å². The second kappa shape index (κ2) is 7.86. The van der Waals surface area contributed by atoms with Gasteiger partial charge in [-0.25, -0.2) is 4.79 Å². The number of anilines is 3. The predicted molar refractivity (Wildman–Crippen MR) is 102 cm³/mol. The van der Waals surface area contributed by atoms with Crippen molar-refractivity contribution >= 4 is 29.0 Å². The predicted octanol–water partition coefficient (Wildman–Crippen LogP) is 3.24. The number of benzene rings is 2. The molecule has 0 bridgehead atoms. The number of carbonyl (C=O) groups is 2. The molecule has 0 unspecified atom stereocenters. The van der Waals surface area contributed by atoms with Crippen LogP contribution in [0.15, 0.2) is 30.3 Å². The molecule has 0 spiro atoms. The van der Waals surface area contributed by atoms with Crippen molar-refractivity contribution in [1.82, 2.24) is 0 Å². The van der Waals surface area contributed by atoms with Crippen molar-refractivity contribution in [2.45, 2.75) is 12.8 Å². The molecule has 8 nitrogen and oxygen atoms in total. The second-order valence-electron chi connectivity index (χ2n) is 5.91. The average molecular weight is 371 g/mol. The van der Waals surface area contributed by atoms with Gasteiger partial charge in [-0.15, -0.1) is 0 Å². The standard InChI is InChI=1S/C19H21N3O5/c1-25-15-9-13(10-16(26-2)18(15)27-3)21-19(24)20-12-5-6-14-11(8-12)4-7-17(23)22-14/h5-6,8-10H,4,7H2,1-3H3,(H,22,23)(H2,20,21,24). The van der Waals surface area contributed by atoms with Crippen LogP contribution in [-0.2, 0) is 11.2 Å². The van der Waals surface area contributed by atoms with E-state index in [2.05, 4.69) is 16.0 Å². The number of hydrogen-bond acceptors (Lipinski definition) is 5. The molecule has 1 heterocycles. The summed E-state index contributed by atoms with van der Waals surface area (Å²) >= 11 is 0. The molecule has 1 aliphatic heterocycles. The van der Waals surface area contributed by atoms with Gasteiger partial charge in [0.05, 0.1) is 27.0 Å². The van der Waals surface area contributed by atoms with E-state index in [1.807, 2.05) is 6.07 Å². The molecule has 0 aliphatic carbocycles. The third kappa shape index (κ3) is 4.05. The number of urea groups is 1. The molecular formula is C19H21N3O5. The normalized spacial score (nSPS) is 12.5. The lowest BCUT2D eigenvalue weighted by atomic mass is 10.0. The van der Waals surface area contributed by atoms with Crippen molar-refractivity contribution in [3.05, 3.63) is 35.9 Å². The van der Waals surface area contributed by atoms with E-state index in [0.29, 0.717) is 41.5 Å². The van der Waals surface area contributed by atoms with Gasteiger partial charge in [-0.05, 0) is 30.2 Å². The number of nitrogens with one attached hydrogen (secondary N) is 3. The SMILES string of the molecule is COc1cc(NC(=O)Nc2ccc3c(c2)CCC(=O)N3)cc(OC)c1OC. The second-order valence-corrected chi connectivity index (χ2v) is 5.91. The Morgan fingerprint density at radius 1 is 0.926 bits per heavy atom. The largest absolute Gasteiger partial charge is 0.493 e. The molecule has 2 aromatic carbocycles. The summed E-state index contributed by atoms with van der Waals surface area (Å²) < 4.78 is 15.8. The maximum Gasteiger partial charge on any atom is 0.323 e. The number of carbonyl (C=O) groups excluding carboxylic acids is 2. The maximum atomic E-state index is 12.4. The molecule has 3 N–H and O–H groups in total. The van der Waals surface area contributed by atoms with Crippen molar-refractivity contribution in [2.75, 3.05) is 37.3 Å². The average Bonchev–Trinajstić information content (AvgIpc) is 2.67. The summed E-state index contributed by atoms with van der Waals surface area (Å²) in [6.07, 6.45) is 1.08. The minimum Gasteiger partial charge on any atom is -0.493 e. The first-order chi connectivity index (χ1) is 13.0. The van der Waals surface area contributed by atoms with Crippen LogP contribution in [0.2, 0.25) is 0 Å². The summed E-state index contributed by atoms with van der Waals surface area (Å²) in [6.45, 7) is 0. The molecule has 0 atom stereocenters. The Morgan fingerprint density at radius 3 is 2.22 bits per heavy atom. The number of hydrogen-bond donors (Lipinski definition) is 3. The van der Waals surface area contributed by atoms with Gasteiger partial charge >= 0.3 is 6.03 Å². The highest BCUT2D eigenvalue weighted by atomic mass is 16.5. The number of methoxy groups -OCH3 is 3. The first-order valence-corrected chi connectivity index (χ1v) is 8.35. The van der Waals surface area contributed by atoms with Crippen LogP contribution >= 0.6 is 0 Å². The van der Waals surface area contributed by atoms with Gasteiger partial charge in [-0.2, -0.15) is 0 Å². The van der Waals surface area contributed by atoms with E-state index in [9.17, 15) is 9.59 Å². The van der Waals surface area contributed by atoms with E-state index < -0.39 is 6.03 Å². The molecule has 3 amide bonds. The minimum atomic E-state index is -0.413. The lowest BCUT2D eigenvalue weighted by Crippen LogP contribution is -2.21. The Bertz CT molecular complexity index is 857. The first-order valence-electron chi connectivity index (χ1n) is 8.35. The highest BCUT2D eigenvalue weighted by Gasteiger charge is 2.17. The van der Waals surface area contributed by atoms with Gasteiger partial charge in [0.15, 0.2) is 11.5 Å². The quantitative estimate of drug-likeness (QED) is 0.750. The van der Waals surface area contributed by atoms with Crippen LogP contribution in [0.3, 0.4) is 0 Å². The van der Waals surface area contributed by atoms with Crippen molar-refractivity contribution in [1.29, 1.82) is 0 Å². The van der Waals surface area contributed by atoms with E-state index in [1.165, 1.54) is 21.3 Å². The van der Waals surface area contributed by atoms with E-state index in [0.717, 1.165) is 11.3 Å². The van der Waals surface area contributed by atoms with Gasteiger partial charge in [0, 0.05) is 29.9 Å². The highest BCUT2D eigenvalue weighted by molar-refractivity contribution is 6.01. The third-order valence-corrected chi connectivity index (χ3v) is 4.18. The molecule has 8 heteroatoms. The lowest BCUT2D eigenvalue weighted by molar-refractivity contribution is -0.116.